The molecule has 0 aromatic heterocycles. The molecule has 3 fully saturated rings. The first-order chi connectivity index (χ1) is 9.33. The summed E-state index contributed by atoms with van der Waals surface area (Å²) >= 11 is 0. The molecule has 0 aromatic rings. The maximum atomic E-state index is 10.5. The quantitative estimate of drug-likeness (QED) is 0.749. The predicted octanol–water partition coefficient (Wildman–Crippen LogP) is 2.14. The van der Waals surface area contributed by atoms with Crippen molar-refractivity contribution in [3.8, 4) is 0 Å². The summed E-state index contributed by atoms with van der Waals surface area (Å²) in [6.07, 6.45) is 11.5. The van der Waals surface area contributed by atoms with Gasteiger partial charge in [-0.1, -0.05) is 19.3 Å². The van der Waals surface area contributed by atoms with Crippen molar-refractivity contribution in [1.82, 2.24) is 10.2 Å². The first kappa shape index (κ1) is 13.8. The van der Waals surface area contributed by atoms with Crippen LogP contribution in [0.2, 0.25) is 0 Å². The Morgan fingerprint density at radius 3 is 2.47 bits per heavy atom. The van der Waals surface area contributed by atoms with Crippen molar-refractivity contribution < 1.29 is 5.11 Å². The van der Waals surface area contributed by atoms with Crippen LogP contribution in [0.15, 0.2) is 0 Å². The Labute approximate surface area is 117 Å². The van der Waals surface area contributed by atoms with Crippen molar-refractivity contribution in [2.45, 2.75) is 76.0 Å². The fourth-order valence-corrected chi connectivity index (χ4v) is 3.87. The van der Waals surface area contributed by atoms with E-state index in [0.29, 0.717) is 12.1 Å². The second kappa shape index (κ2) is 6.55. The van der Waals surface area contributed by atoms with Crippen molar-refractivity contribution in [2.75, 3.05) is 19.6 Å². The minimum atomic E-state index is -0.0809. The topological polar surface area (TPSA) is 35.5 Å². The third-order valence-corrected chi connectivity index (χ3v) is 5.22. The van der Waals surface area contributed by atoms with Crippen LogP contribution in [0, 0.1) is 5.92 Å². The number of nitrogens with one attached hydrogen (secondary N) is 1. The van der Waals surface area contributed by atoms with Crippen LogP contribution < -0.4 is 5.32 Å². The smallest absolute Gasteiger partial charge is 0.0695 e. The molecular formula is C16H30N2O. The molecule has 3 nitrogen and oxygen atoms in total. The maximum Gasteiger partial charge on any atom is 0.0695 e. The van der Waals surface area contributed by atoms with Crippen LogP contribution in [0.3, 0.4) is 0 Å². The second-order valence-corrected chi connectivity index (χ2v) is 6.96. The van der Waals surface area contributed by atoms with Gasteiger partial charge in [-0.15, -0.1) is 0 Å². The molecule has 0 amide bonds. The van der Waals surface area contributed by atoms with Gasteiger partial charge in [0.1, 0.15) is 0 Å². The lowest BCUT2D eigenvalue weighted by Gasteiger charge is -2.36. The van der Waals surface area contributed by atoms with Crippen molar-refractivity contribution in [3.05, 3.63) is 0 Å². The summed E-state index contributed by atoms with van der Waals surface area (Å²) in [4.78, 5) is 2.65. The highest BCUT2D eigenvalue weighted by atomic mass is 16.3. The number of rotatable bonds is 5. The van der Waals surface area contributed by atoms with Gasteiger partial charge in [0.15, 0.2) is 0 Å². The first-order valence-corrected chi connectivity index (χ1v) is 8.48. The molecule has 2 saturated carbocycles. The van der Waals surface area contributed by atoms with Crippen LogP contribution in [0.25, 0.3) is 0 Å². The Kier molecular flexibility index (Phi) is 4.78. The fraction of sp³-hybridized carbons (Fsp3) is 1.00. The minimum Gasteiger partial charge on any atom is -0.391 e. The zero-order valence-corrected chi connectivity index (χ0v) is 12.2. The van der Waals surface area contributed by atoms with E-state index in [9.17, 15) is 5.11 Å². The van der Waals surface area contributed by atoms with Crippen LogP contribution in [-0.4, -0.2) is 47.8 Å². The Morgan fingerprint density at radius 1 is 0.895 bits per heavy atom. The Morgan fingerprint density at radius 2 is 1.74 bits per heavy atom. The first-order valence-electron chi connectivity index (χ1n) is 8.48. The zero-order chi connectivity index (χ0) is 13.1. The zero-order valence-electron chi connectivity index (χ0n) is 12.2. The maximum absolute atomic E-state index is 10.5. The van der Waals surface area contributed by atoms with Gasteiger partial charge >= 0.3 is 0 Å². The van der Waals surface area contributed by atoms with E-state index >= 15 is 0 Å². The molecule has 2 aliphatic carbocycles. The molecule has 0 spiro atoms. The normalized spacial score (nSPS) is 36.6. The number of aliphatic hydroxyl groups excluding tert-OH is 1. The summed E-state index contributed by atoms with van der Waals surface area (Å²) in [7, 11) is 0. The summed E-state index contributed by atoms with van der Waals surface area (Å²) in [6.45, 7) is 3.59. The molecular weight excluding hydrogens is 236 g/mol. The molecule has 3 atom stereocenters. The van der Waals surface area contributed by atoms with Gasteiger partial charge < -0.3 is 10.4 Å². The number of nitrogens with zero attached hydrogens (tertiary/aromatic N) is 1. The van der Waals surface area contributed by atoms with Crippen LogP contribution in [0.4, 0.5) is 0 Å². The average Bonchev–Trinajstić information content (AvgIpc) is 3.11. The molecule has 3 aliphatic rings. The average molecular weight is 266 g/mol. The lowest BCUT2D eigenvalue weighted by molar-refractivity contribution is 0.0371. The fourth-order valence-electron chi connectivity index (χ4n) is 3.87. The van der Waals surface area contributed by atoms with Gasteiger partial charge in [-0.2, -0.15) is 0 Å². The van der Waals surface area contributed by atoms with E-state index in [1.807, 2.05) is 0 Å². The standard InChI is InChI=1S/C16H30N2O/c19-16-7-3-1-2-6-15(16)18(11-13-8-9-13)12-14-5-4-10-17-14/h13-17,19H,1-12H2. The van der Waals surface area contributed by atoms with Crippen molar-refractivity contribution in [3.63, 3.8) is 0 Å². The number of hydrogen-bond acceptors (Lipinski definition) is 3. The van der Waals surface area contributed by atoms with Gasteiger partial charge in [0, 0.05) is 25.2 Å². The lowest BCUT2D eigenvalue weighted by atomic mass is 10.0. The third-order valence-electron chi connectivity index (χ3n) is 5.22. The predicted molar refractivity (Wildman–Crippen MR) is 78.2 cm³/mol. The molecule has 1 saturated heterocycles. The summed E-state index contributed by atoms with van der Waals surface area (Å²) in [5.74, 6) is 0.928. The highest BCUT2D eigenvalue weighted by Gasteiger charge is 2.33. The summed E-state index contributed by atoms with van der Waals surface area (Å²) in [5, 5.41) is 14.1. The van der Waals surface area contributed by atoms with E-state index < -0.39 is 0 Å². The monoisotopic (exact) mass is 266 g/mol. The van der Waals surface area contributed by atoms with E-state index in [1.54, 1.807) is 0 Å². The molecule has 19 heavy (non-hydrogen) atoms. The molecule has 3 rings (SSSR count). The third kappa shape index (κ3) is 3.93. The largest absolute Gasteiger partial charge is 0.391 e. The van der Waals surface area contributed by atoms with Crippen LogP contribution >= 0.6 is 0 Å². The highest BCUT2D eigenvalue weighted by molar-refractivity contribution is 4.89. The number of aliphatic hydroxyl groups is 1. The van der Waals surface area contributed by atoms with Gasteiger partial charge in [0.25, 0.3) is 0 Å². The SMILES string of the molecule is OC1CCCCCC1N(CC1CC1)CC1CCCN1. The van der Waals surface area contributed by atoms with E-state index in [2.05, 4.69) is 10.2 Å². The number of hydrogen-bond donors (Lipinski definition) is 2. The van der Waals surface area contributed by atoms with Crippen LogP contribution in [0.5, 0.6) is 0 Å². The van der Waals surface area contributed by atoms with Crippen molar-refractivity contribution in [2.24, 2.45) is 5.92 Å². The van der Waals surface area contributed by atoms with E-state index in [4.69, 9.17) is 0 Å². The summed E-state index contributed by atoms with van der Waals surface area (Å²) in [5.41, 5.74) is 0. The van der Waals surface area contributed by atoms with Gasteiger partial charge in [-0.05, 0) is 51.0 Å². The van der Waals surface area contributed by atoms with E-state index in [-0.39, 0.29) is 6.10 Å². The molecule has 3 heteroatoms. The molecule has 0 radical (unpaired) electrons. The molecule has 1 heterocycles. The molecule has 1 aliphatic heterocycles. The van der Waals surface area contributed by atoms with E-state index in [0.717, 1.165) is 18.9 Å². The molecule has 3 unspecified atom stereocenters. The van der Waals surface area contributed by atoms with Gasteiger partial charge in [0.2, 0.25) is 0 Å². The Balaban J connectivity index is 1.61. The summed E-state index contributed by atoms with van der Waals surface area (Å²) in [6, 6.07) is 1.11. The Hall–Kier alpha value is -0.120. The second-order valence-electron chi connectivity index (χ2n) is 6.96. The Bertz CT molecular complexity index is 274. The molecule has 110 valence electrons. The van der Waals surface area contributed by atoms with Gasteiger partial charge in [-0.3, -0.25) is 4.90 Å². The van der Waals surface area contributed by atoms with Gasteiger partial charge in [0.05, 0.1) is 6.10 Å². The van der Waals surface area contributed by atoms with E-state index in [1.165, 1.54) is 64.5 Å². The van der Waals surface area contributed by atoms with Crippen LogP contribution in [0.1, 0.15) is 57.8 Å². The van der Waals surface area contributed by atoms with Crippen molar-refractivity contribution >= 4 is 0 Å². The summed E-state index contributed by atoms with van der Waals surface area (Å²) < 4.78 is 0. The van der Waals surface area contributed by atoms with Crippen LogP contribution in [-0.2, 0) is 0 Å². The lowest BCUT2D eigenvalue weighted by Crippen LogP contribution is -2.49. The molecule has 2 N–H and O–H groups in total. The minimum absolute atomic E-state index is 0.0809. The highest BCUT2D eigenvalue weighted by Crippen LogP contribution is 2.32. The molecule has 0 bridgehead atoms. The van der Waals surface area contributed by atoms with Crippen molar-refractivity contribution in [1.29, 1.82) is 0 Å². The molecule has 0 aromatic carbocycles. The van der Waals surface area contributed by atoms with Gasteiger partial charge in [-0.25, -0.2) is 0 Å².